The Morgan fingerprint density at radius 1 is 0.981 bits per heavy atom. The predicted octanol–water partition coefficient (Wildman–Crippen LogP) is 3.74. The summed E-state index contributed by atoms with van der Waals surface area (Å²) in [5, 5.41) is 7.09. The van der Waals surface area contributed by atoms with Crippen LogP contribution in [0.5, 0.6) is 5.75 Å². The van der Waals surface area contributed by atoms with Gasteiger partial charge in [0.2, 0.25) is 5.60 Å². The first-order chi connectivity index (χ1) is 25.8. The number of ether oxygens (including phenoxy) is 6. The smallest absolute Gasteiger partial charge is 0.459 e. The second-order valence-electron chi connectivity index (χ2n) is 14.2. The van der Waals surface area contributed by atoms with E-state index in [0.717, 1.165) is 0 Å². The summed E-state index contributed by atoms with van der Waals surface area (Å²) in [6.45, 7) is 7.09. The fraction of sp³-hybridized carbons (Fsp3) is 0.583. The molecule has 3 N–H and O–H groups in total. The van der Waals surface area contributed by atoms with Gasteiger partial charge in [-0.15, -0.1) is 0 Å². The summed E-state index contributed by atoms with van der Waals surface area (Å²) in [6, 6.07) is 10.5. The van der Waals surface area contributed by atoms with E-state index in [1.54, 1.807) is 63.2 Å². The summed E-state index contributed by atoms with van der Waals surface area (Å²) in [7, 11) is -4.43. The van der Waals surface area contributed by atoms with Crippen molar-refractivity contribution in [2.45, 2.75) is 82.8 Å². The average molecular weight is 774 g/mol. The number of nitrogen functional groups attached to an aromatic ring is 1. The lowest BCUT2D eigenvalue weighted by Gasteiger charge is -2.39. The molecule has 2 aromatic heterocycles. The second-order valence-corrected chi connectivity index (χ2v) is 15.9. The van der Waals surface area contributed by atoms with E-state index in [4.69, 9.17) is 43.2 Å². The average Bonchev–Trinajstić information content (AvgIpc) is 3.72. The number of nitrogens with zero attached hydrogens (tertiary/aromatic N) is 3. The molecule has 54 heavy (non-hydrogen) atoms. The number of para-hydroxylation sites is 1. The number of hydrogen-bond donors (Lipinski definition) is 2. The highest BCUT2D eigenvalue weighted by molar-refractivity contribution is 7.52. The van der Waals surface area contributed by atoms with Crippen molar-refractivity contribution in [3.63, 3.8) is 0 Å². The summed E-state index contributed by atoms with van der Waals surface area (Å²) in [5.74, 6) is -2.46. The molecule has 5 heterocycles. The Hall–Kier alpha value is -4.12. The SMILES string of the molecule is CC(C)OC(=O)[C@H](C)NP(=O)(OC[C@@]1(C)OC[C@@](OC(=O)C2CCOCC2)(c2ccc3c(N)ncnn23)[C@@H]1OC(=O)C1CCOCC1)Oc1ccccc1. The molecule has 0 amide bonds. The third kappa shape index (κ3) is 8.72. The van der Waals surface area contributed by atoms with Crippen molar-refractivity contribution in [1.29, 1.82) is 0 Å². The van der Waals surface area contributed by atoms with Crippen LogP contribution in [-0.2, 0) is 57.5 Å². The van der Waals surface area contributed by atoms with Gasteiger partial charge in [0.25, 0.3) is 0 Å². The number of rotatable bonds is 14. The summed E-state index contributed by atoms with van der Waals surface area (Å²) in [6.07, 6.45) is 1.12. The van der Waals surface area contributed by atoms with E-state index in [1.807, 2.05) is 0 Å². The fourth-order valence-electron chi connectivity index (χ4n) is 6.76. The van der Waals surface area contributed by atoms with Crippen LogP contribution >= 0.6 is 7.75 Å². The van der Waals surface area contributed by atoms with Gasteiger partial charge in [-0.3, -0.25) is 18.9 Å². The van der Waals surface area contributed by atoms with E-state index in [-0.39, 0.29) is 18.2 Å². The predicted molar refractivity (Wildman–Crippen MR) is 191 cm³/mol. The lowest BCUT2D eigenvalue weighted by Crippen LogP contribution is -2.55. The maximum atomic E-state index is 14.6. The number of anilines is 1. The molecule has 3 aliphatic rings. The zero-order valence-corrected chi connectivity index (χ0v) is 31.7. The highest BCUT2D eigenvalue weighted by Gasteiger charge is 2.65. The Balaban J connectivity index is 1.40. The molecule has 3 aliphatic heterocycles. The van der Waals surface area contributed by atoms with Gasteiger partial charge in [-0.25, -0.2) is 14.1 Å². The molecular weight excluding hydrogens is 725 g/mol. The van der Waals surface area contributed by atoms with Crippen molar-refractivity contribution >= 4 is 37.0 Å². The zero-order chi connectivity index (χ0) is 38.5. The van der Waals surface area contributed by atoms with Gasteiger partial charge in [-0.2, -0.15) is 10.2 Å². The molecule has 3 fully saturated rings. The Labute approximate surface area is 313 Å². The zero-order valence-electron chi connectivity index (χ0n) is 30.8. The Bertz CT molecular complexity index is 1830. The van der Waals surface area contributed by atoms with Gasteiger partial charge in [0.1, 0.15) is 29.2 Å². The van der Waals surface area contributed by atoms with Gasteiger partial charge < -0.3 is 38.7 Å². The second kappa shape index (κ2) is 16.7. The lowest BCUT2D eigenvalue weighted by atomic mass is 9.85. The van der Waals surface area contributed by atoms with Crippen LogP contribution in [-0.4, -0.2) is 96.0 Å². The number of carbonyl (C=O) groups excluding carboxylic acids is 3. The highest BCUT2D eigenvalue weighted by atomic mass is 31.2. The summed E-state index contributed by atoms with van der Waals surface area (Å²) >= 11 is 0. The molecule has 0 spiro atoms. The van der Waals surface area contributed by atoms with Crippen LogP contribution < -0.4 is 15.3 Å². The van der Waals surface area contributed by atoms with Crippen molar-refractivity contribution in [2.75, 3.05) is 45.4 Å². The summed E-state index contributed by atoms with van der Waals surface area (Å²) in [4.78, 5) is 45.0. The molecule has 294 valence electrons. The number of hydrogen-bond acceptors (Lipinski definition) is 15. The molecule has 5 atom stereocenters. The van der Waals surface area contributed by atoms with Crippen LogP contribution in [0.1, 0.15) is 59.1 Å². The van der Waals surface area contributed by atoms with Crippen LogP contribution in [0.15, 0.2) is 48.8 Å². The molecule has 0 radical (unpaired) electrons. The van der Waals surface area contributed by atoms with Gasteiger partial charge in [0.15, 0.2) is 11.9 Å². The minimum Gasteiger partial charge on any atom is -0.462 e. The maximum absolute atomic E-state index is 14.6. The van der Waals surface area contributed by atoms with Crippen molar-refractivity contribution in [2.24, 2.45) is 11.8 Å². The number of esters is 3. The topological polar surface area (TPSA) is 210 Å². The third-order valence-electron chi connectivity index (χ3n) is 9.68. The number of carbonyl (C=O) groups is 3. The van der Waals surface area contributed by atoms with E-state index in [1.165, 1.54) is 17.8 Å². The van der Waals surface area contributed by atoms with E-state index < -0.39 is 73.5 Å². The van der Waals surface area contributed by atoms with Crippen molar-refractivity contribution < 1.29 is 56.4 Å². The molecule has 17 nitrogen and oxygen atoms in total. The normalized spacial score (nSPS) is 25.5. The number of nitrogens with two attached hydrogens (primary N) is 1. The van der Waals surface area contributed by atoms with Crippen LogP contribution in [0.25, 0.3) is 5.52 Å². The van der Waals surface area contributed by atoms with E-state index in [2.05, 4.69) is 15.2 Å². The Kier molecular flexibility index (Phi) is 12.2. The molecule has 6 rings (SSSR count). The Morgan fingerprint density at radius 3 is 2.28 bits per heavy atom. The molecule has 3 aromatic rings. The maximum Gasteiger partial charge on any atom is 0.459 e. The summed E-state index contributed by atoms with van der Waals surface area (Å²) < 4.78 is 63.7. The number of nitrogens with one attached hydrogen (secondary N) is 1. The monoisotopic (exact) mass is 773 g/mol. The largest absolute Gasteiger partial charge is 0.462 e. The van der Waals surface area contributed by atoms with Crippen LogP contribution in [0.4, 0.5) is 5.82 Å². The lowest BCUT2D eigenvalue weighted by molar-refractivity contribution is -0.197. The van der Waals surface area contributed by atoms with E-state index in [0.29, 0.717) is 63.3 Å². The van der Waals surface area contributed by atoms with Crippen molar-refractivity contribution in [1.82, 2.24) is 19.7 Å². The van der Waals surface area contributed by atoms with Gasteiger partial charge in [0.05, 0.1) is 36.8 Å². The minimum atomic E-state index is -4.43. The van der Waals surface area contributed by atoms with Gasteiger partial charge in [-0.05, 0) is 77.6 Å². The first-order valence-corrected chi connectivity index (χ1v) is 19.7. The highest BCUT2D eigenvalue weighted by Crippen LogP contribution is 2.51. The van der Waals surface area contributed by atoms with Crippen LogP contribution in [0.3, 0.4) is 0 Å². The minimum absolute atomic E-state index is 0.165. The Morgan fingerprint density at radius 2 is 1.63 bits per heavy atom. The third-order valence-corrected chi connectivity index (χ3v) is 11.3. The molecule has 3 saturated heterocycles. The van der Waals surface area contributed by atoms with Gasteiger partial charge in [0, 0.05) is 26.4 Å². The van der Waals surface area contributed by atoms with Gasteiger partial charge in [-0.1, -0.05) is 18.2 Å². The standard InChI is InChI=1S/C36H48N5O12P/c1-23(2)50-31(42)24(3)40-54(45,53-27-8-6-5-7-9-27)49-20-35(4)34(51-32(43)25-12-16-46-17-13-25)36(21-48-35,52-33(44)26-14-18-47-19-15-26)29-11-10-28-30(37)38-22-39-41(28)29/h5-11,22-26,34H,12-21H2,1-4H3,(H,40,45)(H2,37,38,39)/t24-,34+,35+,36+,54?/m0/s1. The quantitative estimate of drug-likeness (QED) is 0.136. The first kappa shape index (κ1) is 39.6. The van der Waals surface area contributed by atoms with E-state index >= 15 is 0 Å². The number of fused-ring (bicyclic) bond motifs is 1. The summed E-state index contributed by atoms with van der Waals surface area (Å²) in [5.41, 5.74) is 3.48. The van der Waals surface area contributed by atoms with Crippen molar-refractivity contribution in [3.05, 3.63) is 54.5 Å². The fourth-order valence-corrected chi connectivity index (χ4v) is 8.35. The molecular formula is C36H48N5O12P. The van der Waals surface area contributed by atoms with Crippen LogP contribution in [0.2, 0.25) is 0 Å². The van der Waals surface area contributed by atoms with Crippen LogP contribution in [0, 0.1) is 11.8 Å². The first-order valence-electron chi connectivity index (χ1n) is 18.1. The molecule has 1 aromatic carbocycles. The number of benzene rings is 1. The number of aromatic nitrogens is 3. The molecule has 0 bridgehead atoms. The van der Waals surface area contributed by atoms with Gasteiger partial charge >= 0.3 is 25.7 Å². The van der Waals surface area contributed by atoms with Crippen molar-refractivity contribution in [3.8, 4) is 5.75 Å². The molecule has 1 unspecified atom stereocenters. The molecule has 0 aliphatic carbocycles. The molecule has 0 saturated carbocycles. The molecule has 18 heteroatoms. The van der Waals surface area contributed by atoms with E-state index in [9.17, 15) is 18.9 Å².